The second kappa shape index (κ2) is 9.75. The van der Waals surface area contributed by atoms with Crippen molar-refractivity contribution < 1.29 is 19.1 Å². The summed E-state index contributed by atoms with van der Waals surface area (Å²) in [5.74, 6) is 0.522. The first kappa shape index (κ1) is 20.4. The van der Waals surface area contributed by atoms with E-state index in [0.717, 1.165) is 10.4 Å². The molecule has 7 heteroatoms. The molecule has 29 heavy (non-hydrogen) atoms. The molecule has 0 aliphatic carbocycles. The molecule has 0 aliphatic rings. The number of benzene rings is 2. The summed E-state index contributed by atoms with van der Waals surface area (Å²) in [6, 6.07) is 16.3. The number of nitrogens with one attached hydrogen (secondary N) is 2. The molecule has 0 saturated heterocycles. The summed E-state index contributed by atoms with van der Waals surface area (Å²) in [5.41, 5.74) is 1.87. The SMILES string of the molecule is COc1cccc(C(=O)Nc2ccc(CC(=O)NCc3cccs3)cc2)c1OC. The third-order valence-electron chi connectivity index (χ3n) is 4.26. The molecular formula is C22H22N2O4S. The number of carbonyl (C=O) groups is 2. The standard InChI is InChI=1S/C22H22N2O4S/c1-27-19-7-3-6-18(21(19)28-2)22(26)24-16-10-8-15(9-11-16)13-20(25)23-14-17-5-4-12-29-17/h3-12H,13-14H2,1-2H3,(H,23,25)(H,24,26). The van der Waals surface area contributed by atoms with Crippen LogP contribution in [0.1, 0.15) is 20.8 Å². The van der Waals surface area contributed by atoms with Gasteiger partial charge < -0.3 is 20.1 Å². The molecule has 150 valence electrons. The zero-order chi connectivity index (χ0) is 20.6. The first-order chi connectivity index (χ1) is 14.1. The lowest BCUT2D eigenvalue weighted by Crippen LogP contribution is -2.24. The minimum absolute atomic E-state index is 0.0451. The minimum atomic E-state index is -0.304. The average Bonchev–Trinajstić information content (AvgIpc) is 3.26. The van der Waals surface area contributed by atoms with E-state index in [0.29, 0.717) is 29.3 Å². The van der Waals surface area contributed by atoms with E-state index in [1.165, 1.54) is 14.2 Å². The maximum Gasteiger partial charge on any atom is 0.259 e. The fourth-order valence-electron chi connectivity index (χ4n) is 2.82. The quantitative estimate of drug-likeness (QED) is 0.591. The Kier molecular flexibility index (Phi) is 6.86. The van der Waals surface area contributed by atoms with Crippen molar-refractivity contribution in [2.45, 2.75) is 13.0 Å². The Morgan fingerprint density at radius 1 is 0.966 bits per heavy atom. The number of anilines is 1. The van der Waals surface area contributed by atoms with E-state index in [-0.39, 0.29) is 18.2 Å². The van der Waals surface area contributed by atoms with Gasteiger partial charge in [-0.2, -0.15) is 0 Å². The van der Waals surface area contributed by atoms with Crippen molar-refractivity contribution in [1.82, 2.24) is 5.32 Å². The molecule has 1 heterocycles. The lowest BCUT2D eigenvalue weighted by atomic mass is 10.1. The molecule has 0 aliphatic heterocycles. The maximum absolute atomic E-state index is 12.6. The highest BCUT2D eigenvalue weighted by Crippen LogP contribution is 2.31. The summed E-state index contributed by atoms with van der Waals surface area (Å²) in [6.07, 6.45) is 0.281. The highest BCUT2D eigenvalue weighted by atomic mass is 32.1. The van der Waals surface area contributed by atoms with Gasteiger partial charge in [0, 0.05) is 10.6 Å². The molecular weight excluding hydrogens is 388 g/mol. The van der Waals surface area contributed by atoms with Gasteiger partial charge in [0.15, 0.2) is 11.5 Å². The van der Waals surface area contributed by atoms with E-state index in [1.54, 1.807) is 41.7 Å². The van der Waals surface area contributed by atoms with Crippen LogP contribution in [0.3, 0.4) is 0 Å². The van der Waals surface area contributed by atoms with Crippen LogP contribution in [0.5, 0.6) is 11.5 Å². The van der Waals surface area contributed by atoms with Gasteiger partial charge in [0.05, 0.1) is 32.7 Å². The third kappa shape index (κ3) is 5.36. The summed E-state index contributed by atoms with van der Waals surface area (Å²) in [7, 11) is 3.02. The van der Waals surface area contributed by atoms with E-state index in [4.69, 9.17) is 9.47 Å². The van der Waals surface area contributed by atoms with E-state index in [9.17, 15) is 9.59 Å². The Hall–Kier alpha value is -3.32. The van der Waals surface area contributed by atoms with Crippen molar-refractivity contribution >= 4 is 28.8 Å². The molecule has 2 aromatic carbocycles. The number of rotatable bonds is 8. The average molecular weight is 410 g/mol. The normalized spacial score (nSPS) is 10.3. The van der Waals surface area contributed by atoms with Gasteiger partial charge >= 0.3 is 0 Å². The van der Waals surface area contributed by atoms with Gasteiger partial charge in [0.25, 0.3) is 5.91 Å². The van der Waals surface area contributed by atoms with Crippen LogP contribution in [0.2, 0.25) is 0 Å². The highest BCUT2D eigenvalue weighted by molar-refractivity contribution is 7.09. The molecule has 0 unspecified atom stereocenters. The highest BCUT2D eigenvalue weighted by Gasteiger charge is 2.16. The number of ether oxygens (including phenoxy) is 2. The van der Waals surface area contributed by atoms with Gasteiger partial charge in [-0.05, 0) is 41.3 Å². The summed E-state index contributed by atoms with van der Waals surface area (Å²) in [6.45, 7) is 0.535. The predicted molar refractivity (Wildman–Crippen MR) is 114 cm³/mol. The van der Waals surface area contributed by atoms with Crippen molar-refractivity contribution in [1.29, 1.82) is 0 Å². The summed E-state index contributed by atoms with van der Waals surface area (Å²) in [5, 5.41) is 7.72. The van der Waals surface area contributed by atoms with Crippen molar-refractivity contribution in [2.75, 3.05) is 19.5 Å². The van der Waals surface area contributed by atoms with Crippen LogP contribution in [-0.2, 0) is 17.8 Å². The van der Waals surface area contributed by atoms with Crippen molar-refractivity contribution in [3.63, 3.8) is 0 Å². The van der Waals surface area contributed by atoms with E-state index >= 15 is 0 Å². The Morgan fingerprint density at radius 2 is 1.76 bits per heavy atom. The number of thiophene rings is 1. The van der Waals surface area contributed by atoms with Gasteiger partial charge in [-0.1, -0.05) is 24.3 Å². The first-order valence-corrected chi connectivity index (χ1v) is 9.89. The number of methoxy groups -OCH3 is 2. The van der Waals surface area contributed by atoms with Crippen LogP contribution in [0.4, 0.5) is 5.69 Å². The number of hydrogen-bond acceptors (Lipinski definition) is 5. The predicted octanol–water partition coefficient (Wildman–Crippen LogP) is 3.88. The van der Waals surface area contributed by atoms with Gasteiger partial charge in [0.2, 0.25) is 5.91 Å². The van der Waals surface area contributed by atoms with Crippen LogP contribution in [-0.4, -0.2) is 26.0 Å². The molecule has 2 N–H and O–H groups in total. The summed E-state index contributed by atoms with van der Waals surface area (Å²) in [4.78, 5) is 25.8. The lowest BCUT2D eigenvalue weighted by molar-refractivity contribution is -0.120. The third-order valence-corrected chi connectivity index (χ3v) is 5.14. The fourth-order valence-corrected chi connectivity index (χ4v) is 3.46. The summed E-state index contributed by atoms with van der Waals surface area (Å²) >= 11 is 1.61. The maximum atomic E-state index is 12.6. The van der Waals surface area contributed by atoms with E-state index in [1.807, 2.05) is 29.6 Å². The Morgan fingerprint density at radius 3 is 2.41 bits per heavy atom. The van der Waals surface area contributed by atoms with Gasteiger partial charge in [-0.3, -0.25) is 9.59 Å². The monoisotopic (exact) mass is 410 g/mol. The smallest absolute Gasteiger partial charge is 0.259 e. The number of carbonyl (C=O) groups excluding carboxylic acids is 2. The lowest BCUT2D eigenvalue weighted by Gasteiger charge is -2.12. The fraction of sp³-hybridized carbons (Fsp3) is 0.182. The van der Waals surface area contributed by atoms with Crippen molar-refractivity contribution in [3.8, 4) is 11.5 Å². The van der Waals surface area contributed by atoms with Crippen molar-refractivity contribution in [3.05, 3.63) is 76.0 Å². The number of hydrogen-bond donors (Lipinski definition) is 2. The molecule has 3 aromatic rings. The molecule has 1 aromatic heterocycles. The van der Waals surface area contributed by atoms with E-state index < -0.39 is 0 Å². The minimum Gasteiger partial charge on any atom is -0.493 e. The Labute approximate surface area is 173 Å². The molecule has 0 atom stereocenters. The van der Waals surface area contributed by atoms with Gasteiger partial charge in [-0.15, -0.1) is 11.3 Å². The van der Waals surface area contributed by atoms with Crippen LogP contribution in [0.15, 0.2) is 60.0 Å². The second-order valence-corrected chi connectivity index (χ2v) is 7.26. The molecule has 0 spiro atoms. The van der Waals surface area contributed by atoms with Gasteiger partial charge in [0.1, 0.15) is 0 Å². The zero-order valence-electron chi connectivity index (χ0n) is 16.2. The van der Waals surface area contributed by atoms with Crippen LogP contribution < -0.4 is 20.1 Å². The Balaban J connectivity index is 1.59. The molecule has 0 radical (unpaired) electrons. The number of amides is 2. The van der Waals surface area contributed by atoms with Crippen LogP contribution >= 0.6 is 11.3 Å². The van der Waals surface area contributed by atoms with Crippen LogP contribution in [0, 0.1) is 0 Å². The molecule has 0 saturated carbocycles. The zero-order valence-corrected chi connectivity index (χ0v) is 17.0. The van der Waals surface area contributed by atoms with Crippen LogP contribution in [0.25, 0.3) is 0 Å². The molecule has 0 bridgehead atoms. The first-order valence-electron chi connectivity index (χ1n) is 9.01. The molecule has 2 amide bonds. The largest absolute Gasteiger partial charge is 0.493 e. The van der Waals surface area contributed by atoms with Crippen molar-refractivity contribution in [2.24, 2.45) is 0 Å². The molecule has 3 rings (SSSR count). The molecule has 0 fully saturated rings. The van der Waals surface area contributed by atoms with E-state index in [2.05, 4.69) is 10.6 Å². The van der Waals surface area contributed by atoms with Gasteiger partial charge in [-0.25, -0.2) is 0 Å². The second-order valence-electron chi connectivity index (χ2n) is 6.22. The number of para-hydroxylation sites is 1. The topological polar surface area (TPSA) is 76.7 Å². The molecule has 6 nitrogen and oxygen atoms in total. The summed E-state index contributed by atoms with van der Waals surface area (Å²) < 4.78 is 10.5. The Bertz CT molecular complexity index is 969.